The fourth-order valence-corrected chi connectivity index (χ4v) is 4.81. The van der Waals surface area contributed by atoms with Crippen LogP contribution in [-0.2, 0) is 0 Å². The molecule has 0 radical (unpaired) electrons. The highest BCUT2D eigenvalue weighted by atomic mass is 32.1. The molecule has 0 spiro atoms. The number of aryl methyl sites for hydroxylation is 1. The zero-order valence-corrected chi connectivity index (χ0v) is 13.8. The van der Waals surface area contributed by atoms with E-state index in [1.807, 2.05) is 11.3 Å². The number of nitrogens with zero attached hydrogens (tertiary/aromatic N) is 1. The third-order valence-corrected chi connectivity index (χ3v) is 6.26. The third-order valence-electron chi connectivity index (χ3n) is 4.16. The van der Waals surface area contributed by atoms with Gasteiger partial charge in [0.25, 0.3) is 0 Å². The smallest absolute Gasteiger partial charge is 0.110 e. The minimum absolute atomic E-state index is 0.335. The molecule has 2 aromatic heterocycles. The van der Waals surface area contributed by atoms with Crippen molar-refractivity contribution in [2.75, 3.05) is 0 Å². The molecule has 1 N–H and O–H groups in total. The Kier molecular flexibility index (Phi) is 4.54. The van der Waals surface area contributed by atoms with Crippen molar-refractivity contribution in [3.8, 4) is 0 Å². The highest BCUT2D eigenvalue weighted by Gasteiger charge is 2.28. The van der Waals surface area contributed by atoms with Gasteiger partial charge in [-0.3, -0.25) is 0 Å². The highest BCUT2D eigenvalue weighted by Crippen LogP contribution is 2.38. The van der Waals surface area contributed by atoms with Crippen molar-refractivity contribution in [1.82, 2.24) is 10.3 Å². The Morgan fingerprint density at radius 3 is 2.70 bits per heavy atom. The third kappa shape index (κ3) is 3.13. The lowest BCUT2D eigenvalue weighted by Gasteiger charge is -2.26. The molecule has 0 amide bonds. The van der Waals surface area contributed by atoms with Crippen molar-refractivity contribution in [2.45, 2.75) is 51.6 Å². The zero-order valence-electron chi connectivity index (χ0n) is 12.1. The summed E-state index contributed by atoms with van der Waals surface area (Å²) in [5.41, 5.74) is 1.13. The van der Waals surface area contributed by atoms with E-state index < -0.39 is 0 Å². The van der Waals surface area contributed by atoms with E-state index in [0.29, 0.717) is 12.1 Å². The van der Waals surface area contributed by atoms with Gasteiger partial charge in [-0.25, -0.2) is 4.98 Å². The minimum atomic E-state index is 0.335. The average molecular weight is 307 g/mol. The molecular weight excluding hydrogens is 284 g/mol. The Morgan fingerprint density at radius 2 is 2.10 bits per heavy atom. The Balaban J connectivity index is 1.76. The summed E-state index contributed by atoms with van der Waals surface area (Å²) in [6.45, 7) is 4.31. The summed E-state index contributed by atoms with van der Waals surface area (Å²) >= 11 is 3.65. The first kappa shape index (κ1) is 14.2. The maximum absolute atomic E-state index is 4.63. The average Bonchev–Trinajstić information content (AvgIpc) is 3.17. The monoisotopic (exact) mass is 306 g/mol. The molecule has 108 valence electrons. The Bertz CT molecular complexity index is 526. The SMILES string of the molecule is Cc1csc(C(C)NC(c2cccs2)C2CCCC2)n1. The topological polar surface area (TPSA) is 24.9 Å². The van der Waals surface area contributed by atoms with Crippen LogP contribution in [0, 0.1) is 12.8 Å². The highest BCUT2D eigenvalue weighted by molar-refractivity contribution is 7.10. The number of hydrogen-bond donors (Lipinski definition) is 1. The summed E-state index contributed by atoms with van der Waals surface area (Å²) in [5, 5.41) is 9.39. The van der Waals surface area contributed by atoms with E-state index in [-0.39, 0.29) is 0 Å². The Morgan fingerprint density at radius 1 is 1.30 bits per heavy atom. The van der Waals surface area contributed by atoms with Gasteiger partial charge in [-0.05, 0) is 44.1 Å². The molecule has 2 heterocycles. The number of thiophene rings is 1. The van der Waals surface area contributed by atoms with Gasteiger partial charge >= 0.3 is 0 Å². The van der Waals surface area contributed by atoms with E-state index >= 15 is 0 Å². The first-order valence-corrected chi connectivity index (χ1v) is 9.21. The number of aromatic nitrogens is 1. The van der Waals surface area contributed by atoms with Gasteiger partial charge < -0.3 is 5.32 Å². The summed E-state index contributed by atoms with van der Waals surface area (Å²) in [4.78, 5) is 6.11. The molecule has 2 nitrogen and oxygen atoms in total. The summed E-state index contributed by atoms with van der Waals surface area (Å²) in [5.74, 6) is 0.789. The molecule has 0 saturated heterocycles. The van der Waals surface area contributed by atoms with Crippen LogP contribution < -0.4 is 5.32 Å². The molecule has 1 fully saturated rings. The summed E-state index contributed by atoms with van der Waals surface area (Å²) in [7, 11) is 0. The molecule has 0 aromatic carbocycles. The minimum Gasteiger partial charge on any atom is -0.300 e. The van der Waals surface area contributed by atoms with Gasteiger partial charge in [0, 0.05) is 22.0 Å². The van der Waals surface area contributed by atoms with Crippen molar-refractivity contribution >= 4 is 22.7 Å². The molecule has 3 rings (SSSR count). The molecule has 1 aliphatic rings. The Hall–Kier alpha value is -0.710. The maximum Gasteiger partial charge on any atom is 0.110 e. The number of thiazole rings is 1. The molecule has 2 unspecified atom stereocenters. The fourth-order valence-electron chi connectivity index (χ4n) is 3.12. The lowest BCUT2D eigenvalue weighted by Crippen LogP contribution is -2.29. The van der Waals surface area contributed by atoms with Gasteiger partial charge in [0.2, 0.25) is 0 Å². The van der Waals surface area contributed by atoms with Crippen LogP contribution in [0.25, 0.3) is 0 Å². The van der Waals surface area contributed by atoms with Crippen LogP contribution in [0.5, 0.6) is 0 Å². The van der Waals surface area contributed by atoms with E-state index in [9.17, 15) is 0 Å². The Labute approximate surface area is 129 Å². The van der Waals surface area contributed by atoms with Crippen molar-refractivity contribution in [1.29, 1.82) is 0 Å². The van der Waals surface area contributed by atoms with Crippen molar-refractivity contribution in [3.63, 3.8) is 0 Å². The second kappa shape index (κ2) is 6.37. The summed E-state index contributed by atoms with van der Waals surface area (Å²) < 4.78 is 0. The van der Waals surface area contributed by atoms with Crippen LogP contribution in [0.15, 0.2) is 22.9 Å². The van der Waals surface area contributed by atoms with E-state index in [4.69, 9.17) is 0 Å². The van der Waals surface area contributed by atoms with Gasteiger partial charge in [-0.15, -0.1) is 22.7 Å². The normalized spacial score (nSPS) is 19.3. The van der Waals surface area contributed by atoms with Crippen LogP contribution in [0.2, 0.25) is 0 Å². The second-order valence-electron chi connectivity index (χ2n) is 5.75. The molecule has 0 bridgehead atoms. The lowest BCUT2D eigenvalue weighted by molar-refractivity contribution is 0.342. The first-order chi connectivity index (χ1) is 9.74. The number of rotatable bonds is 5. The van der Waals surface area contributed by atoms with Gasteiger partial charge in [-0.1, -0.05) is 18.9 Å². The second-order valence-corrected chi connectivity index (χ2v) is 7.62. The molecule has 0 aliphatic heterocycles. The van der Waals surface area contributed by atoms with Crippen molar-refractivity contribution < 1.29 is 0 Å². The first-order valence-electron chi connectivity index (χ1n) is 7.45. The summed E-state index contributed by atoms with van der Waals surface area (Å²) in [6.07, 6.45) is 5.50. The summed E-state index contributed by atoms with van der Waals surface area (Å²) in [6, 6.07) is 5.28. The van der Waals surface area contributed by atoms with Crippen LogP contribution >= 0.6 is 22.7 Å². The number of hydrogen-bond acceptors (Lipinski definition) is 4. The predicted molar refractivity (Wildman–Crippen MR) is 87.4 cm³/mol. The van der Waals surface area contributed by atoms with Crippen molar-refractivity contribution in [2.24, 2.45) is 5.92 Å². The van der Waals surface area contributed by atoms with E-state index in [0.717, 1.165) is 11.6 Å². The molecule has 4 heteroatoms. The largest absolute Gasteiger partial charge is 0.300 e. The van der Waals surface area contributed by atoms with Crippen LogP contribution in [0.1, 0.15) is 60.3 Å². The molecular formula is C16H22N2S2. The lowest BCUT2D eigenvalue weighted by atomic mass is 9.96. The van der Waals surface area contributed by atoms with Crippen molar-refractivity contribution in [3.05, 3.63) is 38.5 Å². The van der Waals surface area contributed by atoms with Gasteiger partial charge in [0.1, 0.15) is 5.01 Å². The van der Waals surface area contributed by atoms with Gasteiger partial charge in [-0.2, -0.15) is 0 Å². The van der Waals surface area contributed by atoms with E-state index in [2.05, 4.69) is 47.0 Å². The van der Waals surface area contributed by atoms with Gasteiger partial charge in [0.05, 0.1) is 6.04 Å². The molecule has 20 heavy (non-hydrogen) atoms. The molecule has 1 saturated carbocycles. The fraction of sp³-hybridized carbons (Fsp3) is 0.562. The maximum atomic E-state index is 4.63. The zero-order chi connectivity index (χ0) is 13.9. The van der Waals surface area contributed by atoms with Crippen LogP contribution in [-0.4, -0.2) is 4.98 Å². The quantitative estimate of drug-likeness (QED) is 0.831. The van der Waals surface area contributed by atoms with Crippen LogP contribution in [0.4, 0.5) is 0 Å². The van der Waals surface area contributed by atoms with Crippen LogP contribution in [0.3, 0.4) is 0 Å². The predicted octanol–water partition coefficient (Wildman–Crippen LogP) is 5.10. The molecule has 1 aliphatic carbocycles. The van der Waals surface area contributed by atoms with E-state index in [1.165, 1.54) is 35.6 Å². The standard InChI is InChI=1S/C16H22N2S2/c1-11-10-20-16(17-11)12(2)18-15(13-6-3-4-7-13)14-8-5-9-19-14/h5,8-10,12-13,15,18H,3-4,6-7H2,1-2H3. The molecule has 2 atom stereocenters. The van der Waals surface area contributed by atoms with E-state index in [1.54, 1.807) is 11.3 Å². The number of nitrogens with one attached hydrogen (secondary N) is 1. The molecule has 2 aromatic rings. The van der Waals surface area contributed by atoms with Gasteiger partial charge in [0.15, 0.2) is 0 Å².